The van der Waals surface area contributed by atoms with Crippen molar-refractivity contribution in [2.24, 2.45) is 0 Å². The smallest absolute Gasteiger partial charge is 0.412 e. The predicted molar refractivity (Wildman–Crippen MR) is 240 cm³/mol. The van der Waals surface area contributed by atoms with Crippen molar-refractivity contribution >= 4 is 66.9 Å². The number of carbonyl (C=O) groups is 2. The maximum absolute atomic E-state index is 15.9. The van der Waals surface area contributed by atoms with Gasteiger partial charge in [-0.2, -0.15) is 15.2 Å². The number of halogens is 2. The fourth-order valence-corrected chi connectivity index (χ4v) is 9.67. The summed E-state index contributed by atoms with van der Waals surface area (Å²) in [7, 11) is 0. The Kier molecular flexibility index (Phi) is 12.1. The second kappa shape index (κ2) is 17.4. The molecule has 5 heterocycles. The number of carbonyl (C=O) groups excluding carboxylic acids is 2. The van der Waals surface area contributed by atoms with Crippen molar-refractivity contribution in [2.75, 3.05) is 36.5 Å². The largest absolute Gasteiger partial charge is 0.486 e. The molecule has 1 N–H and O–H groups in total. The fraction of sp³-hybridized carbons (Fsp3) is 0.426. The lowest BCUT2D eigenvalue weighted by atomic mass is 9.96. The monoisotopic (exact) mass is 894 g/mol. The van der Waals surface area contributed by atoms with Crippen LogP contribution in [0.4, 0.5) is 24.8 Å². The summed E-state index contributed by atoms with van der Waals surface area (Å²) < 4.78 is 46.2. The van der Waals surface area contributed by atoms with Crippen LogP contribution < -0.4 is 19.7 Å². The summed E-state index contributed by atoms with van der Waals surface area (Å²) in [5, 5.41) is 14.4. The van der Waals surface area contributed by atoms with Gasteiger partial charge in [0, 0.05) is 47.8 Å². The lowest BCUT2D eigenvalue weighted by Crippen LogP contribution is -2.57. The number of hydrogen-bond acceptors (Lipinski definition) is 12. The number of nitrogens with one attached hydrogen (secondary N) is 1. The van der Waals surface area contributed by atoms with Crippen LogP contribution in [0.25, 0.3) is 32.1 Å². The first kappa shape index (κ1) is 43.8. The Morgan fingerprint density at radius 3 is 2.32 bits per heavy atom. The van der Waals surface area contributed by atoms with Crippen molar-refractivity contribution < 1.29 is 37.7 Å². The molecule has 8 rings (SSSR count). The van der Waals surface area contributed by atoms with Gasteiger partial charge in [-0.15, -0.1) is 17.8 Å². The minimum absolute atomic E-state index is 0.0209. The zero-order valence-electron chi connectivity index (χ0n) is 36.0. The van der Waals surface area contributed by atoms with E-state index in [1.165, 1.54) is 6.07 Å². The lowest BCUT2D eigenvalue weighted by Gasteiger charge is -2.42. The summed E-state index contributed by atoms with van der Waals surface area (Å²) in [5.41, 5.74) is 1.11. The van der Waals surface area contributed by atoms with Crippen molar-refractivity contribution in [3.8, 4) is 41.3 Å². The summed E-state index contributed by atoms with van der Waals surface area (Å²) in [4.78, 5) is 40.5. The van der Waals surface area contributed by atoms with Gasteiger partial charge in [-0.3, -0.25) is 10.2 Å². The predicted octanol–water partition coefficient (Wildman–Crippen LogP) is 10.2. The number of amides is 2. The number of ether oxygens (including phenoxy) is 5. The van der Waals surface area contributed by atoms with Crippen LogP contribution in [-0.2, 0) is 20.8 Å². The van der Waals surface area contributed by atoms with E-state index in [1.54, 1.807) is 32.9 Å². The number of nitrogens with zero attached hydrogens (tertiary/aromatic N) is 5. The van der Waals surface area contributed by atoms with Gasteiger partial charge < -0.3 is 28.6 Å². The number of hydrogen-bond donors (Lipinski definition) is 1. The molecule has 0 spiro atoms. The quantitative estimate of drug-likeness (QED) is 0.148. The number of thiophene rings is 1. The van der Waals surface area contributed by atoms with Gasteiger partial charge in [0.25, 0.3) is 0 Å². The third-order valence-electron chi connectivity index (χ3n) is 11.0. The van der Waals surface area contributed by atoms with Crippen LogP contribution in [-0.4, -0.2) is 82.7 Å². The average molecular weight is 895 g/mol. The number of fused-ring (bicyclic) bond motifs is 4. The van der Waals surface area contributed by atoms with Crippen LogP contribution in [0, 0.1) is 29.5 Å². The third kappa shape index (κ3) is 9.28. The number of rotatable bonds is 8. The van der Waals surface area contributed by atoms with E-state index in [2.05, 4.69) is 22.2 Å². The molecule has 13 nitrogen and oxygen atoms in total. The number of piperazine rings is 1. The molecule has 2 atom stereocenters. The summed E-state index contributed by atoms with van der Waals surface area (Å²) in [5.74, 6) is 2.81. The maximum atomic E-state index is 15.9. The molecule has 3 aliphatic rings. The van der Waals surface area contributed by atoms with E-state index in [4.69, 9.17) is 51.7 Å². The molecule has 2 bridgehead atoms. The zero-order chi connectivity index (χ0) is 44.8. The highest BCUT2D eigenvalue weighted by Gasteiger charge is 2.45. The van der Waals surface area contributed by atoms with E-state index in [0.717, 1.165) is 29.7 Å². The first-order chi connectivity index (χ1) is 30.0. The first-order valence-corrected chi connectivity index (χ1v) is 22.1. The molecule has 0 aliphatic carbocycles. The molecule has 16 heteroatoms. The van der Waals surface area contributed by atoms with Crippen molar-refractivity contribution in [1.29, 1.82) is 5.26 Å². The van der Waals surface area contributed by atoms with E-state index in [-0.39, 0.29) is 68.3 Å². The molecule has 0 saturated carbocycles. The third-order valence-corrected chi connectivity index (χ3v) is 12.4. The highest BCUT2D eigenvalue weighted by molar-refractivity contribution is 7.23. The van der Waals surface area contributed by atoms with E-state index in [0.29, 0.717) is 72.6 Å². The number of anilines is 2. The maximum Gasteiger partial charge on any atom is 0.412 e. The number of terminal acetylenes is 1. The normalized spacial score (nSPS) is 17.9. The molecule has 63 heavy (non-hydrogen) atoms. The second-order valence-electron chi connectivity index (χ2n) is 17.9. The van der Waals surface area contributed by atoms with E-state index >= 15 is 4.39 Å². The molecular weight excluding hydrogens is 847 g/mol. The van der Waals surface area contributed by atoms with Gasteiger partial charge >= 0.3 is 18.2 Å². The molecule has 3 aromatic carbocycles. The van der Waals surface area contributed by atoms with Crippen LogP contribution in [0.15, 0.2) is 42.5 Å². The number of aromatic nitrogens is 2. The second-order valence-corrected chi connectivity index (χ2v) is 19.3. The Labute approximate surface area is 374 Å². The van der Waals surface area contributed by atoms with Crippen LogP contribution in [0.3, 0.4) is 0 Å². The fourth-order valence-electron chi connectivity index (χ4n) is 8.31. The van der Waals surface area contributed by atoms with Crippen molar-refractivity contribution in [3.05, 3.63) is 70.0 Å². The molecule has 2 aromatic heterocycles. The Balaban J connectivity index is 1.32. The van der Waals surface area contributed by atoms with Gasteiger partial charge in [0.15, 0.2) is 5.75 Å². The lowest BCUT2D eigenvalue weighted by molar-refractivity contribution is 0.0121. The van der Waals surface area contributed by atoms with Crippen LogP contribution >= 0.6 is 22.9 Å². The Bertz CT molecular complexity index is 2660. The van der Waals surface area contributed by atoms with E-state index in [9.17, 15) is 14.9 Å². The molecule has 2 amide bonds. The highest BCUT2D eigenvalue weighted by atomic mass is 35.5. The molecule has 0 unspecified atom stereocenters. The van der Waals surface area contributed by atoms with Gasteiger partial charge in [0.2, 0.25) is 0 Å². The molecule has 3 fully saturated rings. The topological polar surface area (TPSA) is 148 Å². The molecule has 3 saturated heterocycles. The van der Waals surface area contributed by atoms with Crippen LogP contribution in [0.1, 0.15) is 83.9 Å². The first-order valence-electron chi connectivity index (χ1n) is 20.9. The van der Waals surface area contributed by atoms with Crippen molar-refractivity contribution in [1.82, 2.24) is 14.9 Å². The van der Waals surface area contributed by atoms with Crippen molar-refractivity contribution in [2.45, 2.75) is 103 Å². The number of benzene rings is 3. The molecule has 5 aromatic rings. The van der Waals surface area contributed by atoms with Gasteiger partial charge in [-0.25, -0.2) is 14.0 Å². The molecular formula is C47H48ClFN6O7S. The average Bonchev–Trinajstić information content (AvgIpc) is 3.73. The SMILES string of the molecule is C#Cc1ccc(COc2c(-c3ccc(F)c4sc(NC(=O)OC(C)(C)C)c(C#N)c34)c(Cl)cc3c(N4C[C@H]5CC[C@@H](C4)N5C(=O)OC(C)(C)C)nc(OC4CCOCC4)nc23)cc1. The summed E-state index contributed by atoms with van der Waals surface area (Å²) in [6.45, 7) is 12.8. The Morgan fingerprint density at radius 2 is 1.68 bits per heavy atom. The van der Waals surface area contributed by atoms with Gasteiger partial charge in [-0.1, -0.05) is 35.7 Å². The van der Waals surface area contributed by atoms with Gasteiger partial charge in [0.05, 0.1) is 40.6 Å². The molecule has 328 valence electrons. The minimum atomic E-state index is -0.824. The summed E-state index contributed by atoms with van der Waals surface area (Å²) in [6, 6.07) is 14.0. The van der Waals surface area contributed by atoms with Crippen LogP contribution in [0.5, 0.6) is 11.8 Å². The highest BCUT2D eigenvalue weighted by Crippen LogP contribution is 2.50. The Hall–Kier alpha value is -5.87. The zero-order valence-corrected chi connectivity index (χ0v) is 37.5. The van der Waals surface area contributed by atoms with Gasteiger partial charge in [0.1, 0.15) is 52.1 Å². The summed E-state index contributed by atoms with van der Waals surface area (Å²) >= 11 is 8.32. The number of nitriles is 1. The molecule has 0 radical (unpaired) electrons. The van der Waals surface area contributed by atoms with E-state index in [1.807, 2.05) is 49.9 Å². The summed E-state index contributed by atoms with van der Waals surface area (Å²) in [6.07, 6.45) is 7.16. The molecule has 3 aliphatic heterocycles. The Morgan fingerprint density at radius 1 is 1.00 bits per heavy atom. The van der Waals surface area contributed by atoms with Gasteiger partial charge in [-0.05, 0) is 89.8 Å². The van der Waals surface area contributed by atoms with Crippen molar-refractivity contribution in [3.63, 3.8) is 0 Å². The minimum Gasteiger partial charge on any atom is -0.486 e. The van der Waals surface area contributed by atoms with E-state index < -0.39 is 23.1 Å². The van der Waals surface area contributed by atoms with Crippen LogP contribution in [0.2, 0.25) is 5.02 Å². The standard InChI is InChI=1S/C47H48ClFN6O7S/c1-8-26-9-11-27(12-10-26)25-59-39-37(31-15-16-35(49)40-36(31)33(22-50)42(63-40)53-44(56)61-46(2,3)4)34(48)21-32-38(39)51-43(60-30-17-19-58-20-18-30)52-41(32)54-23-28-13-14-29(24-54)55(28)45(57)62-47(5,6)7/h1,9-12,15-16,21,28-30H,13-14,17-20,23-25H2,2-7H3,(H,53,56)/t28-,29+.